The van der Waals surface area contributed by atoms with E-state index >= 15 is 0 Å². The lowest BCUT2D eigenvalue weighted by molar-refractivity contribution is -0.119. The molecule has 0 unspecified atom stereocenters. The lowest BCUT2D eigenvalue weighted by Gasteiger charge is -2.28. The summed E-state index contributed by atoms with van der Waals surface area (Å²) in [5.74, 6) is 0.0605. The molecule has 1 aromatic carbocycles. The summed E-state index contributed by atoms with van der Waals surface area (Å²) in [6, 6.07) is 6.75. The summed E-state index contributed by atoms with van der Waals surface area (Å²) in [5.41, 5.74) is 1.01. The minimum Gasteiger partial charge on any atom is -0.298 e. The van der Waals surface area contributed by atoms with Crippen LogP contribution in [0.3, 0.4) is 0 Å². The Morgan fingerprint density at radius 1 is 1.28 bits per heavy atom. The number of rotatable bonds is 2. The first-order valence-corrected chi connectivity index (χ1v) is 8.00. The first kappa shape index (κ1) is 13.7. The van der Waals surface area contributed by atoms with Crippen molar-refractivity contribution in [2.24, 2.45) is 0 Å². The van der Waals surface area contributed by atoms with Crippen molar-refractivity contribution in [3.05, 3.63) is 29.8 Å². The number of piperidine rings is 1. The van der Waals surface area contributed by atoms with E-state index in [-0.39, 0.29) is 30.2 Å². The van der Waals surface area contributed by atoms with Crippen molar-refractivity contribution in [3.8, 4) is 0 Å². The molecule has 2 rings (SSSR count). The predicted molar refractivity (Wildman–Crippen MR) is 72.3 cm³/mol. The van der Waals surface area contributed by atoms with Gasteiger partial charge in [0.15, 0.2) is 0 Å². The fourth-order valence-electron chi connectivity index (χ4n) is 1.84. The zero-order valence-electron chi connectivity index (χ0n) is 9.97. The number of hydrogen-bond acceptors (Lipinski definition) is 3. The SMILES string of the molecule is Cc1ccc(S(=O)(=O)N2CCC(=O)[C@@H](Br)C2)cc1. The van der Waals surface area contributed by atoms with Crippen LogP contribution in [0.4, 0.5) is 0 Å². The summed E-state index contributed by atoms with van der Waals surface area (Å²) in [5, 5.41) is 0. The van der Waals surface area contributed by atoms with E-state index in [9.17, 15) is 13.2 Å². The van der Waals surface area contributed by atoms with E-state index < -0.39 is 14.9 Å². The van der Waals surface area contributed by atoms with Crippen LogP contribution in [0, 0.1) is 6.92 Å². The van der Waals surface area contributed by atoms with Gasteiger partial charge in [-0.25, -0.2) is 8.42 Å². The number of Topliss-reactive ketones (excluding diaryl/α,β-unsaturated/α-hetero) is 1. The molecule has 0 amide bonds. The molecule has 0 radical (unpaired) electrons. The van der Waals surface area contributed by atoms with Crippen LogP contribution in [0.1, 0.15) is 12.0 Å². The molecule has 0 spiro atoms. The normalized spacial score (nSPS) is 22.1. The fraction of sp³-hybridized carbons (Fsp3) is 0.417. The van der Waals surface area contributed by atoms with Crippen molar-refractivity contribution >= 4 is 31.7 Å². The molecule has 1 aromatic rings. The molecule has 6 heteroatoms. The van der Waals surface area contributed by atoms with Crippen molar-refractivity contribution in [3.63, 3.8) is 0 Å². The number of sulfonamides is 1. The lowest BCUT2D eigenvalue weighted by Crippen LogP contribution is -2.44. The molecule has 0 saturated carbocycles. The van der Waals surface area contributed by atoms with Gasteiger partial charge in [0.1, 0.15) is 5.78 Å². The van der Waals surface area contributed by atoms with Crippen LogP contribution >= 0.6 is 15.9 Å². The molecular weight excluding hydrogens is 318 g/mol. The zero-order chi connectivity index (χ0) is 13.3. The molecule has 18 heavy (non-hydrogen) atoms. The third kappa shape index (κ3) is 2.65. The van der Waals surface area contributed by atoms with Crippen molar-refractivity contribution in [2.75, 3.05) is 13.1 Å². The Kier molecular flexibility index (Phi) is 3.89. The number of aryl methyl sites for hydroxylation is 1. The monoisotopic (exact) mass is 331 g/mol. The number of ketones is 1. The Hall–Kier alpha value is -0.720. The largest absolute Gasteiger partial charge is 0.298 e. The maximum atomic E-state index is 12.3. The number of nitrogens with zero attached hydrogens (tertiary/aromatic N) is 1. The zero-order valence-corrected chi connectivity index (χ0v) is 12.4. The van der Waals surface area contributed by atoms with Crippen molar-refractivity contribution in [1.29, 1.82) is 0 Å². The Morgan fingerprint density at radius 2 is 1.89 bits per heavy atom. The van der Waals surface area contributed by atoms with Crippen LogP contribution in [0.5, 0.6) is 0 Å². The third-order valence-electron chi connectivity index (χ3n) is 2.98. The molecule has 1 atom stereocenters. The molecule has 0 aromatic heterocycles. The molecule has 1 aliphatic rings. The highest BCUT2D eigenvalue weighted by Gasteiger charge is 2.33. The second-order valence-electron chi connectivity index (χ2n) is 4.36. The molecular formula is C12H14BrNO3S. The molecule has 0 N–H and O–H groups in total. The Morgan fingerprint density at radius 3 is 2.44 bits per heavy atom. The predicted octanol–water partition coefficient (Wildman–Crippen LogP) is 1.72. The maximum absolute atomic E-state index is 12.3. The Balaban J connectivity index is 2.26. The molecule has 1 fully saturated rings. The molecule has 0 bridgehead atoms. The highest BCUT2D eigenvalue weighted by atomic mass is 79.9. The van der Waals surface area contributed by atoms with Gasteiger partial charge in [0.2, 0.25) is 10.0 Å². The molecule has 1 saturated heterocycles. The first-order chi connectivity index (χ1) is 8.41. The maximum Gasteiger partial charge on any atom is 0.243 e. The number of benzene rings is 1. The van der Waals surface area contributed by atoms with Crippen LogP contribution in [0.25, 0.3) is 0 Å². The van der Waals surface area contributed by atoms with Gasteiger partial charge < -0.3 is 0 Å². The van der Waals surface area contributed by atoms with Crippen LogP contribution in [-0.4, -0.2) is 36.4 Å². The van der Waals surface area contributed by atoms with Gasteiger partial charge >= 0.3 is 0 Å². The quantitative estimate of drug-likeness (QED) is 0.775. The topological polar surface area (TPSA) is 54.5 Å². The summed E-state index contributed by atoms with van der Waals surface area (Å²) < 4.78 is 26.0. The van der Waals surface area contributed by atoms with Gasteiger partial charge in [-0.2, -0.15) is 4.31 Å². The van der Waals surface area contributed by atoms with Crippen molar-refractivity contribution < 1.29 is 13.2 Å². The Bertz CT molecular complexity index is 553. The standard InChI is InChI=1S/C12H14BrNO3S/c1-9-2-4-10(5-3-9)18(16,17)14-7-6-12(15)11(13)8-14/h2-5,11H,6-8H2,1H3/t11-/m0/s1. The number of carbonyl (C=O) groups is 1. The van der Waals surface area contributed by atoms with E-state index in [4.69, 9.17) is 0 Å². The van der Waals surface area contributed by atoms with Gasteiger partial charge in [-0.05, 0) is 19.1 Å². The molecule has 1 aliphatic heterocycles. The lowest BCUT2D eigenvalue weighted by atomic mass is 10.1. The van der Waals surface area contributed by atoms with Crippen molar-refractivity contribution in [2.45, 2.75) is 23.1 Å². The second kappa shape index (κ2) is 5.11. The van der Waals surface area contributed by atoms with Gasteiger partial charge in [0, 0.05) is 19.5 Å². The van der Waals surface area contributed by atoms with E-state index in [0.29, 0.717) is 0 Å². The van der Waals surface area contributed by atoms with Crippen LogP contribution in [0.2, 0.25) is 0 Å². The fourth-order valence-corrected chi connectivity index (χ4v) is 4.07. The summed E-state index contributed by atoms with van der Waals surface area (Å²) in [7, 11) is -3.48. The van der Waals surface area contributed by atoms with Gasteiger partial charge in [-0.1, -0.05) is 33.6 Å². The highest BCUT2D eigenvalue weighted by Crippen LogP contribution is 2.22. The molecule has 1 heterocycles. The number of carbonyl (C=O) groups excluding carboxylic acids is 1. The minimum atomic E-state index is -3.48. The molecule has 98 valence electrons. The summed E-state index contributed by atoms with van der Waals surface area (Å²) in [6.45, 7) is 2.37. The molecule has 4 nitrogen and oxygen atoms in total. The minimum absolute atomic E-state index is 0.0605. The van der Waals surface area contributed by atoms with E-state index in [1.807, 2.05) is 6.92 Å². The first-order valence-electron chi connectivity index (χ1n) is 5.65. The van der Waals surface area contributed by atoms with E-state index in [0.717, 1.165) is 5.56 Å². The van der Waals surface area contributed by atoms with E-state index in [2.05, 4.69) is 15.9 Å². The van der Waals surface area contributed by atoms with Crippen LogP contribution in [0.15, 0.2) is 29.2 Å². The average Bonchev–Trinajstić information content (AvgIpc) is 2.33. The smallest absolute Gasteiger partial charge is 0.243 e. The van der Waals surface area contributed by atoms with Crippen LogP contribution < -0.4 is 0 Å². The Labute approximate surface area is 115 Å². The number of halogens is 1. The highest BCUT2D eigenvalue weighted by molar-refractivity contribution is 9.10. The van der Waals surface area contributed by atoms with Crippen LogP contribution in [-0.2, 0) is 14.8 Å². The second-order valence-corrected chi connectivity index (χ2v) is 7.40. The van der Waals surface area contributed by atoms with Gasteiger partial charge in [-0.3, -0.25) is 4.79 Å². The van der Waals surface area contributed by atoms with E-state index in [1.165, 1.54) is 4.31 Å². The van der Waals surface area contributed by atoms with Gasteiger partial charge in [0.25, 0.3) is 0 Å². The average molecular weight is 332 g/mol. The summed E-state index contributed by atoms with van der Waals surface area (Å²) in [4.78, 5) is 11.3. The van der Waals surface area contributed by atoms with Gasteiger partial charge in [0.05, 0.1) is 9.72 Å². The van der Waals surface area contributed by atoms with Crippen molar-refractivity contribution in [1.82, 2.24) is 4.31 Å². The molecule has 0 aliphatic carbocycles. The van der Waals surface area contributed by atoms with E-state index in [1.54, 1.807) is 24.3 Å². The third-order valence-corrected chi connectivity index (χ3v) is 5.66. The number of alkyl halides is 1. The summed E-state index contributed by atoms with van der Waals surface area (Å²) >= 11 is 3.22. The van der Waals surface area contributed by atoms with Gasteiger partial charge in [-0.15, -0.1) is 0 Å². The number of hydrogen-bond donors (Lipinski definition) is 0. The summed E-state index contributed by atoms with van der Waals surface area (Å²) in [6.07, 6.45) is 0.265.